The fourth-order valence-electron chi connectivity index (χ4n) is 1.71. The number of ether oxygens (including phenoxy) is 1. The van der Waals surface area contributed by atoms with Gasteiger partial charge in [0.1, 0.15) is 17.9 Å². The molecule has 2 aromatic rings. The fourth-order valence-corrected chi connectivity index (χ4v) is 1.77. The summed E-state index contributed by atoms with van der Waals surface area (Å²) in [7, 11) is 0. The topological polar surface area (TPSA) is 98.6 Å². The summed E-state index contributed by atoms with van der Waals surface area (Å²) < 4.78 is 10.8. The highest BCUT2D eigenvalue weighted by molar-refractivity contribution is 7.84. The molecule has 0 bridgehead atoms. The van der Waals surface area contributed by atoms with E-state index < -0.39 is 5.97 Å². The highest BCUT2D eigenvalue weighted by Crippen LogP contribution is 2.27. The van der Waals surface area contributed by atoms with Crippen LogP contribution in [0.15, 0.2) is 27.3 Å². The second-order valence-corrected chi connectivity index (χ2v) is 4.82. The summed E-state index contributed by atoms with van der Waals surface area (Å²) in [6.07, 6.45) is 1.43. The Morgan fingerprint density at radius 3 is 2.90 bits per heavy atom. The van der Waals surface area contributed by atoms with E-state index in [2.05, 4.69) is 17.6 Å². The molecule has 0 unspecified atom stereocenters. The lowest BCUT2D eigenvalue weighted by atomic mass is 10.1. The SMILES string of the molecule is C/C(N)=C(/S)COc1cc2c(C(=O)O)c(C)oc2cn1. The van der Waals surface area contributed by atoms with Crippen molar-refractivity contribution >= 4 is 29.6 Å². The first-order chi connectivity index (χ1) is 9.40. The number of furan rings is 1. The van der Waals surface area contributed by atoms with Crippen LogP contribution in [0.1, 0.15) is 23.0 Å². The van der Waals surface area contributed by atoms with Crippen LogP contribution in [-0.2, 0) is 0 Å². The fraction of sp³-hybridized carbons (Fsp3) is 0.231. The zero-order valence-electron chi connectivity index (χ0n) is 11.0. The van der Waals surface area contributed by atoms with Crippen LogP contribution in [0.2, 0.25) is 0 Å². The minimum absolute atomic E-state index is 0.115. The highest BCUT2D eigenvalue weighted by atomic mass is 32.1. The van der Waals surface area contributed by atoms with Gasteiger partial charge in [-0.25, -0.2) is 9.78 Å². The third kappa shape index (κ3) is 2.72. The molecule has 106 valence electrons. The largest absolute Gasteiger partial charge is 0.478 e. The summed E-state index contributed by atoms with van der Waals surface area (Å²) in [5.74, 6) is -0.432. The minimum Gasteiger partial charge on any atom is -0.478 e. The van der Waals surface area contributed by atoms with E-state index >= 15 is 0 Å². The van der Waals surface area contributed by atoms with Crippen LogP contribution in [0.5, 0.6) is 5.88 Å². The average molecular weight is 294 g/mol. The number of pyridine rings is 1. The van der Waals surface area contributed by atoms with Crippen LogP contribution >= 0.6 is 12.6 Å². The predicted molar refractivity (Wildman–Crippen MR) is 77.1 cm³/mol. The molecule has 0 fully saturated rings. The molecule has 0 aromatic carbocycles. The average Bonchev–Trinajstić information content (AvgIpc) is 2.70. The van der Waals surface area contributed by atoms with Gasteiger partial charge in [-0.3, -0.25) is 0 Å². The number of hydrogen-bond acceptors (Lipinski definition) is 6. The summed E-state index contributed by atoms with van der Waals surface area (Å²) in [6.45, 7) is 3.48. The molecule has 0 saturated carbocycles. The van der Waals surface area contributed by atoms with Crippen LogP contribution in [0.3, 0.4) is 0 Å². The van der Waals surface area contributed by atoms with Crippen molar-refractivity contribution in [1.29, 1.82) is 0 Å². The van der Waals surface area contributed by atoms with Gasteiger partial charge in [-0.2, -0.15) is 0 Å². The van der Waals surface area contributed by atoms with Crippen LogP contribution < -0.4 is 10.5 Å². The van der Waals surface area contributed by atoms with E-state index in [1.807, 2.05) is 0 Å². The lowest BCUT2D eigenvalue weighted by Crippen LogP contribution is -2.04. The van der Waals surface area contributed by atoms with Crippen molar-refractivity contribution in [2.45, 2.75) is 13.8 Å². The molecule has 6 nitrogen and oxygen atoms in total. The smallest absolute Gasteiger partial charge is 0.339 e. The van der Waals surface area contributed by atoms with Crippen molar-refractivity contribution in [3.05, 3.63) is 34.2 Å². The normalized spacial score (nSPS) is 12.3. The van der Waals surface area contributed by atoms with Crippen molar-refractivity contribution in [3.63, 3.8) is 0 Å². The Bertz CT molecular complexity index is 702. The van der Waals surface area contributed by atoms with Crippen LogP contribution in [0.4, 0.5) is 0 Å². The van der Waals surface area contributed by atoms with E-state index in [4.69, 9.17) is 14.9 Å². The number of aryl methyl sites for hydroxylation is 1. The first kappa shape index (κ1) is 14.3. The Hall–Kier alpha value is -2.15. The number of nitrogens with zero attached hydrogens (tertiary/aromatic N) is 1. The van der Waals surface area contributed by atoms with Gasteiger partial charge in [-0.15, -0.1) is 12.6 Å². The number of rotatable bonds is 4. The summed E-state index contributed by atoms with van der Waals surface area (Å²) in [5.41, 5.74) is 6.64. The summed E-state index contributed by atoms with van der Waals surface area (Å²) in [5, 5.41) is 9.63. The molecule has 2 rings (SSSR count). The molecule has 2 heterocycles. The maximum atomic E-state index is 11.2. The van der Waals surface area contributed by atoms with E-state index in [0.29, 0.717) is 27.3 Å². The lowest BCUT2D eigenvalue weighted by molar-refractivity contribution is 0.0697. The van der Waals surface area contributed by atoms with E-state index in [-0.39, 0.29) is 18.1 Å². The maximum Gasteiger partial charge on any atom is 0.339 e. The Morgan fingerprint density at radius 2 is 2.30 bits per heavy atom. The van der Waals surface area contributed by atoms with Gasteiger partial charge in [0.25, 0.3) is 0 Å². The zero-order chi connectivity index (χ0) is 14.9. The lowest BCUT2D eigenvalue weighted by Gasteiger charge is -2.06. The summed E-state index contributed by atoms with van der Waals surface area (Å²) in [4.78, 5) is 15.8. The van der Waals surface area contributed by atoms with Gasteiger partial charge in [0.2, 0.25) is 5.88 Å². The van der Waals surface area contributed by atoms with Gasteiger partial charge in [-0.1, -0.05) is 0 Å². The number of allylic oxidation sites excluding steroid dienone is 1. The van der Waals surface area contributed by atoms with E-state index in [1.165, 1.54) is 12.3 Å². The number of aromatic nitrogens is 1. The van der Waals surface area contributed by atoms with Gasteiger partial charge >= 0.3 is 5.97 Å². The van der Waals surface area contributed by atoms with E-state index in [9.17, 15) is 9.90 Å². The van der Waals surface area contributed by atoms with Gasteiger partial charge in [-0.05, 0) is 13.8 Å². The van der Waals surface area contributed by atoms with Gasteiger partial charge in [0.15, 0.2) is 5.58 Å². The number of carboxylic acid groups (broad SMARTS) is 1. The number of fused-ring (bicyclic) bond motifs is 1. The first-order valence-electron chi connectivity index (χ1n) is 5.79. The second kappa shape index (κ2) is 5.46. The van der Waals surface area contributed by atoms with Crippen molar-refractivity contribution in [2.75, 3.05) is 6.61 Å². The molecule has 0 spiro atoms. The van der Waals surface area contributed by atoms with Crippen molar-refractivity contribution in [1.82, 2.24) is 4.98 Å². The molecular weight excluding hydrogens is 280 g/mol. The molecule has 0 radical (unpaired) electrons. The van der Waals surface area contributed by atoms with E-state index in [0.717, 1.165) is 0 Å². The Balaban J connectivity index is 2.36. The van der Waals surface area contributed by atoms with Crippen LogP contribution in [-0.4, -0.2) is 22.7 Å². The highest BCUT2D eigenvalue weighted by Gasteiger charge is 2.18. The maximum absolute atomic E-state index is 11.2. The number of hydrogen-bond donors (Lipinski definition) is 3. The minimum atomic E-state index is -1.05. The van der Waals surface area contributed by atoms with Crippen molar-refractivity contribution in [3.8, 4) is 5.88 Å². The van der Waals surface area contributed by atoms with Crippen molar-refractivity contribution < 1.29 is 19.1 Å². The van der Waals surface area contributed by atoms with E-state index in [1.54, 1.807) is 13.8 Å². The number of aromatic carboxylic acids is 1. The quantitative estimate of drug-likeness (QED) is 0.749. The van der Waals surface area contributed by atoms with Gasteiger partial charge in [0.05, 0.1) is 6.20 Å². The Kier molecular flexibility index (Phi) is 3.89. The zero-order valence-corrected chi connectivity index (χ0v) is 11.9. The number of carboxylic acids is 1. The molecule has 0 saturated heterocycles. The third-order valence-corrected chi connectivity index (χ3v) is 3.23. The van der Waals surface area contributed by atoms with Crippen LogP contribution in [0, 0.1) is 6.92 Å². The number of nitrogens with two attached hydrogens (primary N) is 1. The molecule has 0 aliphatic carbocycles. The van der Waals surface area contributed by atoms with Gasteiger partial charge in [0, 0.05) is 22.1 Å². The molecule has 3 N–H and O–H groups in total. The van der Waals surface area contributed by atoms with Crippen LogP contribution in [0.25, 0.3) is 11.0 Å². The predicted octanol–water partition coefficient (Wildman–Crippen LogP) is 2.33. The molecule has 0 amide bonds. The molecule has 20 heavy (non-hydrogen) atoms. The molecule has 0 aliphatic rings. The monoisotopic (exact) mass is 294 g/mol. The molecular formula is C13H14N2O4S. The Morgan fingerprint density at radius 1 is 1.60 bits per heavy atom. The molecule has 0 aliphatic heterocycles. The third-order valence-electron chi connectivity index (χ3n) is 2.75. The summed E-state index contributed by atoms with van der Waals surface area (Å²) in [6, 6.07) is 1.53. The molecule has 0 atom stereocenters. The standard InChI is InChI=1S/C13H14N2O4S/c1-6(14)10(20)5-18-11-3-8-9(4-15-11)19-7(2)12(8)13(16)17/h3-4,20H,5,14H2,1-2H3,(H,16,17)/b10-6-. The first-order valence-corrected chi connectivity index (χ1v) is 6.24. The number of carbonyl (C=O) groups is 1. The van der Waals surface area contributed by atoms with Crippen molar-refractivity contribution in [2.24, 2.45) is 5.73 Å². The molecule has 7 heteroatoms. The molecule has 2 aromatic heterocycles. The number of thiol groups is 1. The second-order valence-electron chi connectivity index (χ2n) is 4.28. The summed E-state index contributed by atoms with van der Waals surface area (Å²) >= 11 is 4.18. The Labute approximate surface area is 120 Å². The van der Waals surface area contributed by atoms with Gasteiger partial charge < -0.3 is 20.0 Å².